The quantitative estimate of drug-likeness (QED) is 0.228. The summed E-state index contributed by atoms with van der Waals surface area (Å²) in [5.41, 5.74) is 5.07. The lowest BCUT2D eigenvalue weighted by atomic mass is 9.79. The van der Waals surface area contributed by atoms with Gasteiger partial charge in [-0.3, -0.25) is 4.79 Å². The lowest BCUT2D eigenvalue weighted by molar-refractivity contribution is -0.136. The highest BCUT2D eigenvalue weighted by atomic mass is 127. The number of ketones is 1. The summed E-state index contributed by atoms with van der Waals surface area (Å²) in [6.45, 7) is 2.01. The number of allylic oxidation sites excluding steroid dienone is 2. The minimum Gasteiger partial charge on any atom is -0.493 e. The number of hydrogen-bond donors (Lipinski definition) is 1. The van der Waals surface area contributed by atoms with Crippen LogP contribution < -0.4 is 14.8 Å². The molecule has 0 aromatic heterocycles. The number of carbonyl (C=O) groups is 2. The Morgan fingerprint density at radius 3 is 2.47 bits per heavy atom. The van der Waals surface area contributed by atoms with Gasteiger partial charge < -0.3 is 19.5 Å². The van der Waals surface area contributed by atoms with Crippen LogP contribution in [0, 0.1) is 3.57 Å². The first-order valence-corrected chi connectivity index (χ1v) is 13.5. The number of esters is 1. The molecule has 0 radical (unpaired) electrons. The molecule has 0 unspecified atom stereocenters. The molecule has 1 heterocycles. The van der Waals surface area contributed by atoms with E-state index in [0.717, 1.165) is 14.7 Å². The summed E-state index contributed by atoms with van der Waals surface area (Å²) >= 11 is 14.5. The van der Waals surface area contributed by atoms with Crippen molar-refractivity contribution in [3.05, 3.63) is 107 Å². The van der Waals surface area contributed by atoms with E-state index in [-0.39, 0.29) is 12.4 Å². The monoisotopic (exact) mass is 661 g/mol. The highest BCUT2D eigenvalue weighted by Crippen LogP contribution is 2.48. The smallest absolute Gasteiger partial charge is 0.336 e. The Labute approximate surface area is 243 Å². The molecular formula is C29H22Cl2INO5. The summed E-state index contributed by atoms with van der Waals surface area (Å²) < 4.78 is 17.7. The topological polar surface area (TPSA) is 73.9 Å². The molecule has 0 bridgehead atoms. The molecule has 9 heteroatoms. The Morgan fingerprint density at radius 1 is 1.05 bits per heavy atom. The number of dihydropyridines is 1. The molecule has 0 spiro atoms. The lowest BCUT2D eigenvalue weighted by Gasteiger charge is -2.29. The fourth-order valence-corrected chi connectivity index (χ4v) is 6.12. The van der Waals surface area contributed by atoms with Gasteiger partial charge >= 0.3 is 5.97 Å². The van der Waals surface area contributed by atoms with Crippen molar-refractivity contribution in [2.24, 2.45) is 0 Å². The number of rotatable bonds is 6. The highest BCUT2D eigenvalue weighted by Gasteiger charge is 2.43. The third-order valence-electron chi connectivity index (χ3n) is 6.63. The molecule has 2 aliphatic rings. The van der Waals surface area contributed by atoms with E-state index in [1.54, 1.807) is 37.4 Å². The van der Waals surface area contributed by atoms with E-state index >= 15 is 0 Å². The van der Waals surface area contributed by atoms with Crippen molar-refractivity contribution in [2.45, 2.75) is 19.4 Å². The van der Waals surface area contributed by atoms with Gasteiger partial charge in [0, 0.05) is 43.9 Å². The molecule has 1 aliphatic carbocycles. The second kappa shape index (κ2) is 10.6. The van der Waals surface area contributed by atoms with E-state index in [1.807, 2.05) is 31.2 Å². The third-order valence-corrected chi connectivity index (χ3v) is 8.01. The van der Waals surface area contributed by atoms with Crippen LogP contribution in [-0.2, 0) is 16.1 Å². The Bertz CT molecular complexity index is 1560. The summed E-state index contributed by atoms with van der Waals surface area (Å²) in [7, 11) is 2.88. The van der Waals surface area contributed by atoms with E-state index in [1.165, 1.54) is 7.11 Å². The van der Waals surface area contributed by atoms with Crippen LogP contribution in [0.1, 0.15) is 39.9 Å². The van der Waals surface area contributed by atoms with E-state index in [2.05, 4.69) is 27.9 Å². The standard InChI is InChI=1S/C29H22Cl2INO5/c1-14-23(29(35)37-3)24(25-26(33-14)18-6-4-5-7-19(18)27(25)34)16-10-21(32)28(22(11-16)36-2)38-13-15-8-9-17(30)12-20(15)31/h4-12,24,33H,13H2,1-3H3/t24-/m1/s1. The number of ether oxygens (including phenoxy) is 3. The first-order chi connectivity index (χ1) is 18.2. The van der Waals surface area contributed by atoms with Gasteiger partial charge in [0.25, 0.3) is 0 Å². The zero-order valence-corrected chi connectivity index (χ0v) is 24.3. The van der Waals surface area contributed by atoms with Crippen molar-refractivity contribution in [1.82, 2.24) is 5.32 Å². The van der Waals surface area contributed by atoms with Crippen molar-refractivity contribution < 1.29 is 23.8 Å². The summed E-state index contributed by atoms with van der Waals surface area (Å²) in [4.78, 5) is 26.7. The fourth-order valence-electron chi connectivity index (χ4n) is 4.88. The number of nitrogens with one attached hydrogen (secondary N) is 1. The molecule has 0 fully saturated rings. The average molecular weight is 662 g/mol. The van der Waals surface area contributed by atoms with Gasteiger partial charge in [-0.05, 0) is 59.3 Å². The van der Waals surface area contributed by atoms with Crippen molar-refractivity contribution >= 4 is 63.2 Å². The molecule has 1 atom stereocenters. The highest BCUT2D eigenvalue weighted by molar-refractivity contribution is 14.1. The maximum absolute atomic E-state index is 13.6. The van der Waals surface area contributed by atoms with Crippen LogP contribution in [0.3, 0.4) is 0 Å². The predicted molar refractivity (Wildman–Crippen MR) is 155 cm³/mol. The number of benzene rings is 3. The molecule has 1 N–H and O–H groups in total. The van der Waals surface area contributed by atoms with Crippen LogP contribution in [0.4, 0.5) is 0 Å². The molecule has 3 aromatic carbocycles. The van der Waals surface area contributed by atoms with Gasteiger partial charge in [-0.2, -0.15) is 0 Å². The molecule has 0 saturated heterocycles. The van der Waals surface area contributed by atoms with Gasteiger partial charge in [0.05, 0.1) is 29.1 Å². The van der Waals surface area contributed by atoms with Gasteiger partial charge in [-0.25, -0.2) is 4.79 Å². The third kappa shape index (κ3) is 4.57. The zero-order valence-electron chi connectivity index (χ0n) is 20.7. The van der Waals surface area contributed by atoms with E-state index in [0.29, 0.717) is 55.2 Å². The fraction of sp³-hybridized carbons (Fsp3) is 0.172. The van der Waals surface area contributed by atoms with Crippen LogP contribution >= 0.6 is 45.8 Å². The molecule has 0 saturated carbocycles. The first-order valence-electron chi connectivity index (χ1n) is 11.6. The van der Waals surface area contributed by atoms with E-state index in [9.17, 15) is 9.59 Å². The Hall–Kier alpha value is -3.01. The Kier molecular flexibility index (Phi) is 7.44. The van der Waals surface area contributed by atoms with Crippen molar-refractivity contribution in [2.75, 3.05) is 14.2 Å². The average Bonchev–Trinajstić information content (AvgIpc) is 3.18. The van der Waals surface area contributed by atoms with E-state index in [4.69, 9.17) is 37.4 Å². The summed E-state index contributed by atoms with van der Waals surface area (Å²) in [6.07, 6.45) is 0. The van der Waals surface area contributed by atoms with Gasteiger partial charge in [-0.15, -0.1) is 0 Å². The predicted octanol–water partition coefficient (Wildman–Crippen LogP) is 6.93. The van der Waals surface area contributed by atoms with Crippen LogP contribution in [0.15, 0.2) is 71.4 Å². The molecule has 3 aromatic rings. The minimum absolute atomic E-state index is 0.131. The molecular weight excluding hydrogens is 640 g/mol. The number of halogens is 3. The first kappa shape index (κ1) is 26.6. The second-order valence-electron chi connectivity index (χ2n) is 8.81. The van der Waals surface area contributed by atoms with Gasteiger partial charge in [0.15, 0.2) is 17.3 Å². The molecule has 5 rings (SSSR count). The molecule has 194 valence electrons. The van der Waals surface area contributed by atoms with Gasteiger partial charge in [0.1, 0.15) is 6.61 Å². The van der Waals surface area contributed by atoms with Crippen LogP contribution in [0.25, 0.3) is 5.70 Å². The number of hydrogen-bond acceptors (Lipinski definition) is 6. The van der Waals surface area contributed by atoms with Gasteiger partial charge in [0.2, 0.25) is 0 Å². The minimum atomic E-state index is -0.666. The zero-order chi connectivity index (χ0) is 27.1. The molecule has 38 heavy (non-hydrogen) atoms. The lowest BCUT2D eigenvalue weighted by Crippen LogP contribution is -2.29. The SMILES string of the molecule is COC(=O)C1=C(C)NC2=C(C(=O)c3ccccc32)[C@@H]1c1cc(I)c(OCc2ccc(Cl)cc2Cl)c(OC)c1. The largest absolute Gasteiger partial charge is 0.493 e. The summed E-state index contributed by atoms with van der Waals surface area (Å²) in [5.74, 6) is -0.327. The van der Waals surface area contributed by atoms with E-state index < -0.39 is 11.9 Å². The summed E-state index contributed by atoms with van der Waals surface area (Å²) in [6, 6.07) is 16.3. The van der Waals surface area contributed by atoms with Crippen LogP contribution in [0.5, 0.6) is 11.5 Å². The number of fused-ring (bicyclic) bond motifs is 2. The number of Topliss-reactive ketones (excluding diaryl/α,β-unsaturated/α-hetero) is 1. The number of methoxy groups -OCH3 is 2. The summed E-state index contributed by atoms with van der Waals surface area (Å²) in [5, 5.41) is 4.33. The molecule has 0 amide bonds. The Morgan fingerprint density at radius 2 is 1.79 bits per heavy atom. The van der Waals surface area contributed by atoms with Crippen molar-refractivity contribution in [1.29, 1.82) is 0 Å². The maximum Gasteiger partial charge on any atom is 0.336 e. The van der Waals surface area contributed by atoms with Crippen molar-refractivity contribution in [3.63, 3.8) is 0 Å². The van der Waals surface area contributed by atoms with Crippen LogP contribution in [-0.4, -0.2) is 26.0 Å². The van der Waals surface area contributed by atoms with Gasteiger partial charge in [-0.1, -0.05) is 53.5 Å². The maximum atomic E-state index is 13.6. The van der Waals surface area contributed by atoms with Crippen LogP contribution in [0.2, 0.25) is 10.0 Å². The Balaban J connectivity index is 1.60. The number of carbonyl (C=O) groups excluding carboxylic acids is 2. The molecule has 6 nitrogen and oxygen atoms in total. The second-order valence-corrected chi connectivity index (χ2v) is 10.8. The van der Waals surface area contributed by atoms with Crippen molar-refractivity contribution in [3.8, 4) is 11.5 Å². The normalized spacial score (nSPS) is 16.2. The molecule has 1 aliphatic heterocycles.